The van der Waals surface area contributed by atoms with Gasteiger partial charge in [0.2, 0.25) is 0 Å². The molecule has 2 aliphatic heterocycles. The van der Waals surface area contributed by atoms with Crippen molar-refractivity contribution in [2.75, 3.05) is 19.7 Å². The number of ether oxygens (including phenoxy) is 1. The normalized spacial score (nSPS) is 23.3. The number of rotatable bonds is 7. The van der Waals surface area contributed by atoms with Crippen molar-refractivity contribution in [2.24, 2.45) is 0 Å². The number of aliphatic hydroxyl groups is 1. The predicted octanol–water partition coefficient (Wildman–Crippen LogP) is 5.96. The number of hydrogen-bond donors (Lipinski definition) is 1. The maximum atomic E-state index is 14.2. The van der Waals surface area contributed by atoms with Gasteiger partial charge in [-0.25, -0.2) is 14.2 Å². The van der Waals surface area contributed by atoms with Gasteiger partial charge in [0.05, 0.1) is 41.3 Å². The van der Waals surface area contributed by atoms with Gasteiger partial charge in [-0.05, 0) is 68.8 Å². The summed E-state index contributed by atoms with van der Waals surface area (Å²) in [6.45, 7) is 4.26. The van der Waals surface area contributed by atoms with Crippen molar-refractivity contribution in [3.8, 4) is 11.1 Å². The van der Waals surface area contributed by atoms with Crippen LogP contribution in [0.1, 0.15) is 61.5 Å². The van der Waals surface area contributed by atoms with Crippen molar-refractivity contribution in [1.29, 1.82) is 0 Å². The van der Waals surface area contributed by atoms with Crippen LogP contribution >= 0.6 is 23.2 Å². The number of halogens is 3. The van der Waals surface area contributed by atoms with Crippen LogP contribution < -0.4 is 0 Å². The van der Waals surface area contributed by atoms with E-state index < -0.39 is 18.2 Å². The van der Waals surface area contributed by atoms with Gasteiger partial charge in [-0.2, -0.15) is 5.10 Å². The molecule has 2 aromatic heterocycles. The van der Waals surface area contributed by atoms with E-state index in [9.17, 15) is 14.3 Å². The van der Waals surface area contributed by atoms with Crippen molar-refractivity contribution >= 4 is 40.1 Å². The molecule has 7 rings (SSSR count). The number of aliphatic hydroxyl groups excluding tert-OH is 1. The summed E-state index contributed by atoms with van der Waals surface area (Å²) >= 11 is 13.7. The highest BCUT2D eigenvalue weighted by Gasteiger charge is 2.36. The summed E-state index contributed by atoms with van der Waals surface area (Å²) < 4.78 is 22.8. The predicted molar refractivity (Wildman–Crippen MR) is 163 cm³/mol. The molecule has 0 radical (unpaired) electrons. The number of hydrogen-bond acceptors (Lipinski definition) is 6. The molecule has 1 saturated heterocycles. The highest BCUT2D eigenvalue weighted by molar-refractivity contribution is 6.42. The smallest absolute Gasteiger partial charge is 0.337 e. The van der Waals surface area contributed by atoms with Crippen LogP contribution in [-0.4, -0.2) is 73.3 Å². The first-order valence-electron chi connectivity index (χ1n) is 15.0. The number of imidazole rings is 1. The summed E-state index contributed by atoms with van der Waals surface area (Å²) in [5.41, 5.74) is 4.54. The Morgan fingerprint density at radius 2 is 1.93 bits per heavy atom. The molecule has 0 amide bonds. The van der Waals surface area contributed by atoms with Gasteiger partial charge in [-0.15, -0.1) is 0 Å². The molecule has 3 aliphatic rings. The fourth-order valence-electron chi connectivity index (χ4n) is 6.94. The van der Waals surface area contributed by atoms with E-state index in [-0.39, 0.29) is 25.7 Å². The molecule has 1 N–H and O–H groups in total. The molecule has 2 atom stereocenters. The van der Waals surface area contributed by atoms with Gasteiger partial charge in [-0.3, -0.25) is 4.68 Å². The van der Waals surface area contributed by atoms with Gasteiger partial charge >= 0.3 is 5.97 Å². The number of carbonyl (C=O) groups is 1. The lowest BCUT2D eigenvalue weighted by Crippen LogP contribution is -2.49. The maximum Gasteiger partial charge on any atom is 0.337 e. The summed E-state index contributed by atoms with van der Waals surface area (Å²) in [6, 6.07) is 9.87. The number of carbonyl (C=O) groups excluding carboxylic acids is 1. The monoisotopic (exact) mass is 625 g/mol. The van der Waals surface area contributed by atoms with E-state index in [4.69, 9.17) is 33.0 Å². The molecule has 11 heteroatoms. The Morgan fingerprint density at radius 1 is 1.19 bits per heavy atom. The van der Waals surface area contributed by atoms with Crippen LogP contribution in [0.15, 0.2) is 42.9 Å². The Morgan fingerprint density at radius 3 is 2.63 bits per heavy atom. The second-order valence-corrected chi connectivity index (χ2v) is 12.8. The van der Waals surface area contributed by atoms with Gasteiger partial charge in [0.1, 0.15) is 11.7 Å². The second-order valence-electron chi connectivity index (χ2n) is 12.0. The van der Waals surface area contributed by atoms with Crippen LogP contribution in [0.4, 0.5) is 4.39 Å². The van der Waals surface area contributed by atoms with Gasteiger partial charge < -0.3 is 19.3 Å². The first-order valence-corrected chi connectivity index (χ1v) is 15.8. The van der Waals surface area contributed by atoms with E-state index in [1.807, 2.05) is 6.07 Å². The molecule has 43 heavy (non-hydrogen) atoms. The van der Waals surface area contributed by atoms with E-state index in [1.165, 1.54) is 10.2 Å². The van der Waals surface area contributed by atoms with Gasteiger partial charge in [0.25, 0.3) is 0 Å². The number of aromatic nitrogens is 4. The Labute approximate surface area is 259 Å². The van der Waals surface area contributed by atoms with Crippen LogP contribution in [0, 0.1) is 0 Å². The van der Waals surface area contributed by atoms with Crippen LogP contribution in [0.2, 0.25) is 10.0 Å². The third-order valence-electron chi connectivity index (χ3n) is 9.35. The molecule has 4 heterocycles. The molecule has 1 saturated carbocycles. The second kappa shape index (κ2) is 11.5. The van der Waals surface area contributed by atoms with Crippen molar-refractivity contribution in [2.45, 2.75) is 75.8 Å². The molecule has 4 aromatic rings. The molecule has 1 aliphatic carbocycles. The van der Waals surface area contributed by atoms with Gasteiger partial charge in [-0.1, -0.05) is 47.5 Å². The van der Waals surface area contributed by atoms with Crippen LogP contribution in [0.3, 0.4) is 0 Å². The first-order chi connectivity index (χ1) is 20.8. The van der Waals surface area contributed by atoms with E-state index in [1.54, 1.807) is 24.0 Å². The summed E-state index contributed by atoms with van der Waals surface area (Å²) in [5.74, 6) is -0.0253. The van der Waals surface area contributed by atoms with Crippen LogP contribution in [-0.2, 0) is 22.5 Å². The molecule has 8 nitrogen and oxygen atoms in total. The highest BCUT2D eigenvalue weighted by Crippen LogP contribution is 2.40. The molecule has 2 fully saturated rings. The fraction of sp³-hybridized carbons (Fsp3) is 0.469. The molecule has 1 unspecified atom stereocenters. The van der Waals surface area contributed by atoms with Crippen molar-refractivity contribution in [3.63, 3.8) is 0 Å². The van der Waals surface area contributed by atoms with Crippen molar-refractivity contribution < 1.29 is 19.0 Å². The van der Waals surface area contributed by atoms with E-state index in [2.05, 4.69) is 34.1 Å². The molecule has 2 aromatic carbocycles. The number of esters is 1. The maximum absolute atomic E-state index is 14.2. The molecular formula is C32H34Cl2FN5O3. The van der Waals surface area contributed by atoms with Crippen molar-refractivity contribution in [3.05, 3.63) is 69.9 Å². The van der Waals surface area contributed by atoms with Crippen molar-refractivity contribution in [1.82, 2.24) is 24.2 Å². The topological polar surface area (TPSA) is 85.4 Å². The summed E-state index contributed by atoms with van der Waals surface area (Å²) in [5, 5.41) is 15.9. The van der Waals surface area contributed by atoms with Crippen LogP contribution in [0.25, 0.3) is 22.0 Å². The highest BCUT2D eigenvalue weighted by atomic mass is 35.5. The zero-order valence-electron chi connectivity index (χ0n) is 23.9. The number of fused-ring (bicyclic) bond motifs is 2. The average Bonchev–Trinajstić information content (AvgIpc) is 3.69. The Kier molecular flexibility index (Phi) is 7.70. The number of benzene rings is 2. The third kappa shape index (κ3) is 5.24. The minimum absolute atomic E-state index is 0.120. The van der Waals surface area contributed by atoms with E-state index in [0.717, 1.165) is 49.9 Å². The Balaban J connectivity index is 1.16. The van der Waals surface area contributed by atoms with Gasteiger partial charge in [0, 0.05) is 35.3 Å². The number of nitrogens with zero attached hydrogens (tertiary/aromatic N) is 5. The Bertz CT molecular complexity index is 1660. The van der Waals surface area contributed by atoms with Gasteiger partial charge in [0.15, 0.2) is 6.04 Å². The standard InChI is InChI=1S/C32H34Cl2FN5O3/c1-2-43-32(42)31(30-27-11-21(35)15-39(27)17-36-30)40-16-25-26(33)14-24(28(34)29(25)37-40)20-5-3-18(4-6-20)19-7-9-38(10-8-19)22-12-23(41)13-22/h3-6,14,16-17,19,21-23,31,41H,2,7-13,15H2,1H3/t21-,22?,23?,31?/m1/s1. The summed E-state index contributed by atoms with van der Waals surface area (Å²) in [7, 11) is 0. The SMILES string of the molecule is CCOC(=O)C(c1ncn2c1C[C@@H](F)C2)n1cc2c(Cl)cc(-c3ccc(C4CCN(C5CC(O)C5)CC4)cc3)c(Cl)c2n1. The first kappa shape index (κ1) is 28.8. The largest absolute Gasteiger partial charge is 0.464 e. The lowest BCUT2D eigenvalue weighted by atomic mass is 9.83. The molecule has 226 valence electrons. The summed E-state index contributed by atoms with van der Waals surface area (Å²) in [4.78, 5) is 20.2. The quantitative estimate of drug-likeness (QED) is 0.255. The lowest BCUT2D eigenvalue weighted by molar-refractivity contribution is -0.146. The number of likely N-dealkylation sites (tertiary alicyclic amines) is 1. The lowest BCUT2D eigenvalue weighted by Gasteiger charge is -2.44. The third-order valence-corrected chi connectivity index (χ3v) is 10.0. The molecular weight excluding hydrogens is 592 g/mol. The average molecular weight is 627 g/mol. The minimum Gasteiger partial charge on any atom is -0.464 e. The minimum atomic E-state index is -1.02. The van der Waals surface area contributed by atoms with E-state index >= 15 is 0 Å². The van der Waals surface area contributed by atoms with E-state index in [0.29, 0.717) is 44.3 Å². The molecule has 0 bridgehead atoms. The number of piperidine rings is 1. The molecule has 0 spiro atoms. The zero-order valence-corrected chi connectivity index (χ0v) is 25.4. The number of alkyl halides is 1. The Hall–Kier alpha value is -2.98. The fourth-order valence-corrected chi connectivity index (χ4v) is 7.49. The summed E-state index contributed by atoms with van der Waals surface area (Å²) in [6.07, 6.45) is 6.30. The van der Waals surface area contributed by atoms with Crippen LogP contribution in [0.5, 0.6) is 0 Å². The zero-order chi connectivity index (χ0) is 29.8.